The summed E-state index contributed by atoms with van der Waals surface area (Å²) >= 11 is 0. The minimum absolute atomic E-state index is 0. The lowest BCUT2D eigenvalue weighted by molar-refractivity contribution is -0.663. The molecule has 1 aromatic carbocycles. The smallest absolute Gasteiger partial charge is 0.356 e. The van der Waals surface area contributed by atoms with Crippen molar-refractivity contribution in [3.05, 3.63) is 48.3 Å². The van der Waals surface area contributed by atoms with Crippen molar-refractivity contribution < 1.29 is 21.7 Å². The Bertz CT molecular complexity index is 400. The number of hydrogen-bond acceptors (Lipinski definition) is 2. The molecule has 0 aromatic heterocycles. The van der Waals surface area contributed by atoms with E-state index in [2.05, 4.69) is 4.99 Å². The second-order valence-corrected chi connectivity index (χ2v) is 3.38. The van der Waals surface area contributed by atoms with Crippen LogP contribution in [-0.2, 0) is 0 Å². The van der Waals surface area contributed by atoms with Crippen molar-refractivity contribution in [1.82, 2.24) is 0 Å². The molecule has 0 bridgehead atoms. The van der Waals surface area contributed by atoms with E-state index in [-0.39, 0.29) is 22.8 Å². The molecule has 1 unspecified atom stereocenters. The molecule has 1 heterocycles. The highest BCUT2D eigenvalue weighted by molar-refractivity contribution is 5.93. The van der Waals surface area contributed by atoms with Gasteiger partial charge >= 0.3 is 5.91 Å². The summed E-state index contributed by atoms with van der Waals surface area (Å²) in [6.07, 6.45) is 5.02. The van der Waals surface area contributed by atoms with Crippen LogP contribution >= 0.6 is 0 Å². The summed E-state index contributed by atoms with van der Waals surface area (Å²) in [5, 5.41) is 0. The van der Waals surface area contributed by atoms with Crippen LogP contribution in [0.5, 0.6) is 0 Å². The van der Waals surface area contributed by atoms with E-state index in [1.165, 1.54) is 0 Å². The Hall–Kier alpha value is -1.45. The van der Waals surface area contributed by atoms with Crippen LogP contribution < -0.4 is 12.4 Å². The molecule has 1 aromatic rings. The molecule has 0 fully saturated rings. The number of aliphatic imine (C=N–C) groups is 1. The molecule has 0 spiro atoms. The van der Waals surface area contributed by atoms with E-state index < -0.39 is 0 Å². The second-order valence-electron chi connectivity index (χ2n) is 3.38. The number of amides is 1. The molecule has 1 aliphatic heterocycles. The molecule has 0 aliphatic carbocycles. The maximum atomic E-state index is 12.0. The first-order chi connectivity index (χ1) is 6.72. The van der Waals surface area contributed by atoms with Gasteiger partial charge in [0, 0.05) is 0 Å². The van der Waals surface area contributed by atoms with Crippen LogP contribution in [0.3, 0.4) is 0 Å². The number of nitrogens with zero attached hydrogens (tertiary/aromatic N) is 2. The summed E-state index contributed by atoms with van der Waals surface area (Å²) in [4.78, 5) is 15.9. The summed E-state index contributed by atoms with van der Waals surface area (Å²) in [5.41, 5.74) is 0.702. The van der Waals surface area contributed by atoms with Gasteiger partial charge < -0.3 is 12.4 Å². The molecule has 0 N–H and O–H groups in total. The minimum atomic E-state index is 0. The van der Waals surface area contributed by atoms with Crippen molar-refractivity contribution in [2.24, 2.45) is 4.99 Å². The molecule has 0 radical (unpaired) electrons. The molecule has 4 heteroatoms. The van der Waals surface area contributed by atoms with Crippen LogP contribution in [0.15, 0.2) is 47.7 Å². The van der Waals surface area contributed by atoms with Crippen molar-refractivity contribution in [3.63, 3.8) is 0 Å². The monoisotopic (exact) mass is 222 g/mol. The van der Waals surface area contributed by atoms with Crippen LogP contribution in [0.2, 0.25) is 0 Å². The van der Waals surface area contributed by atoms with Gasteiger partial charge in [0.2, 0.25) is 6.34 Å². The average molecular weight is 223 g/mol. The van der Waals surface area contributed by atoms with E-state index in [9.17, 15) is 4.79 Å². The van der Waals surface area contributed by atoms with Gasteiger partial charge in [0.05, 0.1) is 18.8 Å². The minimum Gasteiger partial charge on any atom is -1.00 e. The first-order valence-electron chi connectivity index (χ1n) is 4.40. The van der Waals surface area contributed by atoms with Gasteiger partial charge in [-0.15, -0.1) is 0 Å². The predicted molar refractivity (Wildman–Crippen MR) is 54.6 cm³/mol. The Balaban J connectivity index is 0.00000112. The first kappa shape index (κ1) is 11.6. The maximum absolute atomic E-state index is 12.0. The van der Waals surface area contributed by atoms with Crippen molar-refractivity contribution in [2.75, 3.05) is 7.05 Å². The average Bonchev–Trinajstić information content (AvgIpc) is 2.67. The van der Waals surface area contributed by atoms with Crippen molar-refractivity contribution in [1.29, 1.82) is 0 Å². The topological polar surface area (TPSA) is 29.4 Å². The molecule has 1 amide bonds. The zero-order valence-corrected chi connectivity index (χ0v) is 9.06. The fraction of sp³-hybridized carbons (Fsp3) is 0.0909. The Labute approximate surface area is 94.7 Å². The molecule has 1 aliphatic rings. The zero-order chi connectivity index (χ0) is 10.0. The molecular weight excluding hydrogens is 212 g/mol. The predicted octanol–water partition coefficient (Wildman–Crippen LogP) is -1.21. The molecule has 0 saturated carbocycles. The summed E-state index contributed by atoms with van der Waals surface area (Å²) in [6.45, 7) is 0. The summed E-state index contributed by atoms with van der Waals surface area (Å²) in [7, 11) is 1.81. The Morgan fingerprint density at radius 2 is 1.93 bits per heavy atom. The third-order valence-electron chi connectivity index (χ3n) is 2.23. The SMILES string of the molecule is C[N+]1(C(=O)c2ccccc2)C=CN=C1.[Cl-]. The van der Waals surface area contributed by atoms with Crippen LogP contribution in [0, 0.1) is 0 Å². The van der Waals surface area contributed by atoms with E-state index in [0.29, 0.717) is 5.56 Å². The van der Waals surface area contributed by atoms with E-state index in [0.717, 1.165) is 0 Å². The number of carbonyl (C=O) groups is 1. The summed E-state index contributed by atoms with van der Waals surface area (Å²) in [6, 6.07) is 9.23. The van der Waals surface area contributed by atoms with E-state index in [1.54, 1.807) is 18.7 Å². The number of rotatable bonds is 1. The highest BCUT2D eigenvalue weighted by Gasteiger charge is 2.31. The Morgan fingerprint density at radius 3 is 2.47 bits per heavy atom. The first-order valence-corrected chi connectivity index (χ1v) is 4.40. The van der Waals surface area contributed by atoms with Gasteiger partial charge in [-0.05, 0) is 12.1 Å². The number of halogens is 1. The standard InChI is InChI=1S/C11H11N2O.ClH/c1-13(8-7-12-9-13)11(14)10-5-3-2-4-6-10;/h2-9H,1H3;1H/q+1;/p-1. The fourth-order valence-corrected chi connectivity index (χ4v) is 1.37. The summed E-state index contributed by atoms with van der Waals surface area (Å²) in [5.74, 6) is 0.0306. The highest BCUT2D eigenvalue weighted by atomic mass is 35.5. The Kier molecular flexibility index (Phi) is 3.39. The normalized spacial score (nSPS) is 22.5. The zero-order valence-electron chi connectivity index (χ0n) is 8.30. The molecule has 3 nitrogen and oxygen atoms in total. The number of hydrogen-bond donors (Lipinski definition) is 0. The molecule has 1 atom stereocenters. The number of benzene rings is 1. The fourth-order valence-electron chi connectivity index (χ4n) is 1.37. The number of carbonyl (C=O) groups excluding carboxylic acids is 1. The lowest BCUT2D eigenvalue weighted by Gasteiger charge is -2.18. The molecule has 15 heavy (non-hydrogen) atoms. The quantitative estimate of drug-likeness (QED) is 0.549. The van der Waals surface area contributed by atoms with Crippen LogP contribution in [0.1, 0.15) is 10.4 Å². The van der Waals surface area contributed by atoms with Gasteiger partial charge in [-0.3, -0.25) is 0 Å². The largest absolute Gasteiger partial charge is 1.00 e. The molecular formula is C11H11ClN2O. The molecule has 78 valence electrons. The van der Waals surface area contributed by atoms with Crippen molar-refractivity contribution >= 4 is 12.2 Å². The van der Waals surface area contributed by atoms with Crippen molar-refractivity contribution in [3.8, 4) is 0 Å². The van der Waals surface area contributed by atoms with E-state index >= 15 is 0 Å². The van der Waals surface area contributed by atoms with Gasteiger partial charge in [-0.1, -0.05) is 18.2 Å². The van der Waals surface area contributed by atoms with Crippen LogP contribution in [0.4, 0.5) is 0 Å². The van der Waals surface area contributed by atoms with E-state index in [1.807, 2.05) is 37.4 Å². The lowest BCUT2D eigenvalue weighted by Crippen LogP contribution is -3.00. The summed E-state index contributed by atoms with van der Waals surface area (Å²) < 4.78 is 0.115. The van der Waals surface area contributed by atoms with Crippen molar-refractivity contribution in [2.45, 2.75) is 0 Å². The molecule has 2 rings (SSSR count). The van der Waals surface area contributed by atoms with Gasteiger partial charge in [0.25, 0.3) is 0 Å². The lowest BCUT2D eigenvalue weighted by atomic mass is 10.2. The van der Waals surface area contributed by atoms with Gasteiger partial charge in [-0.25, -0.2) is 9.79 Å². The van der Waals surface area contributed by atoms with Gasteiger partial charge in [0.15, 0.2) is 0 Å². The van der Waals surface area contributed by atoms with E-state index in [4.69, 9.17) is 0 Å². The van der Waals surface area contributed by atoms with Crippen LogP contribution in [0.25, 0.3) is 0 Å². The Morgan fingerprint density at radius 1 is 1.27 bits per heavy atom. The maximum Gasteiger partial charge on any atom is 0.356 e. The second kappa shape index (κ2) is 4.38. The number of quaternary nitrogens is 1. The van der Waals surface area contributed by atoms with Crippen LogP contribution in [-0.4, -0.2) is 23.8 Å². The highest BCUT2D eigenvalue weighted by Crippen LogP contribution is 2.13. The van der Waals surface area contributed by atoms with Gasteiger partial charge in [0.1, 0.15) is 6.20 Å². The third kappa shape index (κ3) is 2.14. The van der Waals surface area contributed by atoms with Gasteiger partial charge in [-0.2, -0.15) is 4.48 Å². The molecule has 0 saturated heterocycles. The third-order valence-corrected chi connectivity index (χ3v) is 2.23.